The molecule has 2 rings (SSSR count). The van der Waals surface area contributed by atoms with E-state index in [4.69, 9.17) is 9.47 Å². The lowest BCUT2D eigenvalue weighted by Crippen LogP contribution is -2.00. The monoisotopic (exact) mass is 348 g/mol. The van der Waals surface area contributed by atoms with Crippen LogP contribution in [0.2, 0.25) is 0 Å². The van der Waals surface area contributed by atoms with E-state index in [-0.39, 0.29) is 10.8 Å². The summed E-state index contributed by atoms with van der Waals surface area (Å²) in [6, 6.07) is 8.14. The zero-order chi connectivity index (χ0) is 19.5. The van der Waals surface area contributed by atoms with Gasteiger partial charge in [0.25, 0.3) is 0 Å². The fourth-order valence-electron chi connectivity index (χ4n) is 2.35. The maximum Gasteiger partial charge on any atom is 0.135 e. The number of benzene rings is 2. The molecule has 0 fully saturated rings. The minimum atomic E-state index is -0.0662. The average molecular weight is 348 g/mol. The number of hydrogen-bond donors (Lipinski definition) is 0. The predicted octanol–water partition coefficient (Wildman–Crippen LogP) is 5.65. The molecule has 2 aromatic carbocycles. The van der Waals surface area contributed by atoms with E-state index in [0.717, 1.165) is 33.4 Å². The molecule has 0 aromatic heterocycles. The fraction of sp³-hybridized carbons (Fsp3) is 0.417. The molecule has 0 radical (unpaired) electrons. The van der Waals surface area contributed by atoms with Gasteiger partial charge in [0.2, 0.25) is 0 Å². The van der Waals surface area contributed by atoms with Crippen LogP contribution in [0.1, 0.15) is 52.7 Å². The van der Waals surface area contributed by atoms with Crippen LogP contribution < -0.4 is 9.47 Å². The standard InChI is InChI=1S/C24H28O2/c1-23(2,3)11-9-17-13-19-14-18(10-12-24(4,5)6)22(26-8)16-20(19)15-21(17)25-7/h13-16H,1-8H3. The van der Waals surface area contributed by atoms with Crippen LogP contribution in [0.15, 0.2) is 24.3 Å². The molecule has 0 unspecified atom stereocenters. The third-order valence-electron chi connectivity index (χ3n) is 3.62. The lowest BCUT2D eigenvalue weighted by Gasteiger charge is -2.11. The summed E-state index contributed by atoms with van der Waals surface area (Å²) in [5.74, 6) is 14.6. The second-order valence-corrected chi connectivity index (χ2v) is 8.45. The Morgan fingerprint density at radius 1 is 0.615 bits per heavy atom. The van der Waals surface area contributed by atoms with Crippen molar-refractivity contribution in [3.63, 3.8) is 0 Å². The van der Waals surface area contributed by atoms with Crippen LogP contribution in [-0.2, 0) is 0 Å². The molecule has 0 saturated heterocycles. The van der Waals surface area contributed by atoms with Gasteiger partial charge in [-0.2, -0.15) is 0 Å². The molecule has 0 amide bonds. The largest absolute Gasteiger partial charge is 0.495 e. The molecule has 136 valence electrons. The molecule has 0 spiro atoms. The molecule has 2 aromatic rings. The van der Waals surface area contributed by atoms with Crippen LogP contribution in [0.25, 0.3) is 10.8 Å². The Morgan fingerprint density at radius 2 is 0.962 bits per heavy atom. The third-order valence-corrected chi connectivity index (χ3v) is 3.62. The van der Waals surface area contributed by atoms with E-state index >= 15 is 0 Å². The Hall–Kier alpha value is -2.58. The SMILES string of the molecule is COc1cc2cc(OC)c(C#CC(C)(C)C)cc2cc1C#CC(C)(C)C. The van der Waals surface area contributed by atoms with E-state index in [1.54, 1.807) is 14.2 Å². The van der Waals surface area contributed by atoms with Crippen molar-refractivity contribution in [1.29, 1.82) is 0 Å². The maximum absolute atomic E-state index is 5.54. The second kappa shape index (κ2) is 7.35. The van der Waals surface area contributed by atoms with Crippen molar-refractivity contribution < 1.29 is 9.47 Å². The quantitative estimate of drug-likeness (QED) is 0.653. The van der Waals surface area contributed by atoms with E-state index in [9.17, 15) is 0 Å². The summed E-state index contributed by atoms with van der Waals surface area (Å²) < 4.78 is 11.1. The van der Waals surface area contributed by atoms with Crippen molar-refractivity contribution in [3.8, 4) is 35.2 Å². The second-order valence-electron chi connectivity index (χ2n) is 8.45. The van der Waals surface area contributed by atoms with Crippen molar-refractivity contribution in [2.75, 3.05) is 14.2 Å². The van der Waals surface area contributed by atoms with E-state index in [1.165, 1.54) is 0 Å². The smallest absolute Gasteiger partial charge is 0.135 e. The summed E-state index contributed by atoms with van der Waals surface area (Å²) in [6.45, 7) is 12.6. The number of hydrogen-bond acceptors (Lipinski definition) is 2. The molecule has 0 heterocycles. The van der Waals surface area contributed by atoms with Gasteiger partial charge in [-0.3, -0.25) is 0 Å². The summed E-state index contributed by atoms with van der Waals surface area (Å²) in [5.41, 5.74) is 1.64. The van der Waals surface area contributed by atoms with E-state index in [0.29, 0.717) is 0 Å². The van der Waals surface area contributed by atoms with Gasteiger partial charge in [0, 0.05) is 10.8 Å². The molecule has 0 atom stereocenters. The third kappa shape index (κ3) is 5.21. The van der Waals surface area contributed by atoms with Crippen LogP contribution in [0, 0.1) is 34.5 Å². The van der Waals surface area contributed by atoms with Crippen molar-refractivity contribution in [1.82, 2.24) is 0 Å². The minimum Gasteiger partial charge on any atom is -0.495 e. The van der Waals surface area contributed by atoms with Gasteiger partial charge in [0.15, 0.2) is 0 Å². The molecule has 26 heavy (non-hydrogen) atoms. The Morgan fingerprint density at radius 3 is 1.27 bits per heavy atom. The van der Waals surface area contributed by atoms with Crippen LogP contribution in [0.5, 0.6) is 11.5 Å². The molecule has 0 bridgehead atoms. The topological polar surface area (TPSA) is 18.5 Å². The fourth-order valence-corrected chi connectivity index (χ4v) is 2.35. The molecule has 2 nitrogen and oxygen atoms in total. The maximum atomic E-state index is 5.54. The van der Waals surface area contributed by atoms with Crippen molar-refractivity contribution >= 4 is 10.8 Å². The molecule has 2 heteroatoms. The van der Waals surface area contributed by atoms with Crippen LogP contribution in [-0.4, -0.2) is 14.2 Å². The first-order chi connectivity index (χ1) is 12.0. The molecular formula is C24H28O2. The number of fused-ring (bicyclic) bond motifs is 1. The van der Waals surface area contributed by atoms with E-state index in [1.807, 2.05) is 12.1 Å². The predicted molar refractivity (Wildman–Crippen MR) is 110 cm³/mol. The van der Waals surface area contributed by atoms with E-state index in [2.05, 4.69) is 77.4 Å². The molecule has 0 aliphatic rings. The van der Waals surface area contributed by atoms with Gasteiger partial charge in [0.05, 0.1) is 25.3 Å². The van der Waals surface area contributed by atoms with E-state index < -0.39 is 0 Å². The van der Waals surface area contributed by atoms with Gasteiger partial charge in [-0.15, -0.1) is 0 Å². The summed E-state index contributed by atoms with van der Waals surface area (Å²) in [7, 11) is 3.34. The van der Waals surface area contributed by atoms with Gasteiger partial charge in [0.1, 0.15) is 11.5 Å². The van der Waals surface area contributed by atoms with Gasteiger partial charge < -0.3 is 9.47 Å². The molecule has 0 N–H and O–H groups in total. The zero-order valence-corrected chi connectivity index (χ0v) is 17.1. The zero-order valence-electron chi connectivity index (χ0n) is 17.1. The van der Waals surface area contributed by atoms with Gasteiger partial charge in [-0.25, -0.2) is 0 Å². The highest BCUT2D eigenvalue weighted by molar-refractivity contribution is 5.89. The first-order valence-corrected chi connectivity index (χ1v) is 8.78. The highest BCUT2D eigenvalue weighted by atomic mass is 16.5. The summed E-state index contributed by atoms with van der Waals surface area (Å²) >= 11 is 0. The lowest BCUT2D eigenvalue weighted by atomic mass is 9.96. The lowest BCUT2D eigenvalue weighted by molar-refractivity contribution is 0.412. The molecule has 0 aliphatic carbocycles. The average Bonchev–Trinajstić information content (AvgIpc) is 2.54. The molecule has 0 saturated carbocycles. The Balaban J connectivity index is 2.67. The summed E-state index contributed by atoms with van der Waals surface area (Å²) in [6.07, 6.45) is 0. The molecular weight excluding hydrogens is 320 g/mol. The Labute approximate surface area is 157 Å². The Kier molecular flexibility index (Phi) is 5.58. The number of ether oxygens (including phenoxy) is 2. The van der Waals surface area contributed by atoms with Crippen LogP contribution >= 0.6 is 0 Å². The highest BCUT2D eigenvalue weighted by Crippen LogP contribution is 2.31. The van der Waals surface area contributed by atoms with Gasteiger partial charge in [-0.05, 0) is 76.6 Å². The highest BCUT2D eigenvalue weighted by Gasteiger charge is 2.11. The summed E-state index contributed by atoms with van der Waals surface area (Å²) in [4.78, 5) is 0. The van der Waals surface area contributed by atoms with Crippen molar-refractivity contribution in [3.05, 3.63) is 35.4 Å². The van der Waals surface area contributed by atoms with Crippen molar-refractivity contribution in [2.45, 2.75) is 41.5 Å². The van der Waals surface area contributed by atoms with Gasteiger partial charge >= 0.3 is 0 Å². The van der Waals surface area contributed by atoms with Crippen molar-refractivity contribution in [2.24, 2.45) is 10.8 Å². The first kappa shape index (κ1) is 19.7. The van der Waals surface area contributed by atoms with Crippen LogP contribution in [0.4, 0.5) is 0 Å². The minimum absolute atomic E-state index is 0.0662. The Bertz CT molecular complexity index is 856. The number of rotatable bonds is 2. The molecule has 0 aliphatic heterocycles. The van der Waals surface area contributed by atoms with Gasteiger partial charge in [-0.1, -0.05) is 23.7 Å². The summed E-state index contributed by atoms with van der Waals surface area (Å²) in [5, 5.41) is 2.12. The number of methoxy groups -OCH3 is 2. The first-order valence-electron chi connectivity index (χ1n) is 8.78. The van der Waals surface area contributed by atoms with Crippen LogP contribution in [0.3, 0.4) is 0 Å². The normalized spacial score (nSPS) is 11.2.